The number of thiophene rings is 1. The zero-order chi connectivity index (χ0) is 36.0. The first-order chi connectivity index (χ1) is 24.7. The number of hydrogen-bond donors (Lipinski definition) is 3. The van der Waals surface area contributed by atoms with Crippen molar-refractivity contribution in [2.45, 2.75) is 49.6 Å². The quantitative estimate of drug-likeness (QED) is 0.101. The lowest BCUT2D eigenvalue weighted by molar-refractivity contribution is -0.121. The fourth-order valence-corrected chi connectivity index (χ4v) is 9.89. The molecule has 6 rings (SSSR count). The second-order valence-electron chi connectivity index (χ2n) is 12.6. The number of fused-ring (bicyclic) bond motifs is 1. The number of sulfonamides is 1. The van der Waals surface area contributed by atoms with Gasteiger partial charge < -0.3 is 15.4 Å². The molecule has 3 N–H and O–H groups in total. The van der Waals surface area contributed by atoms with E-state index in [1.807, 2.05) is 62.4 Å². The van der Waals surface area contributed by atoms with Crippen molar-refractivity contribution in [2.75, 3.05) is 13.2 Å². The smallest absolute Gasteiger partial charge is 0.251 e. The number of Topliss-reactive ketones (excluding diaryl/α,β-unsaturated/α-hetero) is 1. The van der Waals surface area contributed by atoms with Gasteiger partial charge in [0.05, 0.1) is 45.5 Å². The summed E-state index contributed by atoms with van der Waals surface area (Å²) in [7, 11) is -3.99. The van der Waals surface area contributed by atoms with Crippen LogP contribution in [0.3, 0.4) is 0 Å². The number of aliphatic hydroxyl groups excluding tert-OH is 1. The van der Waals surface area contributed by atoms with Crippen LogP contribution >= 0.6 is 22.7 Å². The number of imidazole rings is 1. The maximum Gasteiger partial charge on any atom is 0.251 e. The van der Waals surface area contributed by atoms with Crippen LogP contribution in [0.5, 0.6) is 0 Å². The second kappa shape index (κ2) is 16.2. The summed E-state index contributed by atoms with van der Waals surface area (Å²) in [5.74, 6) is -1.06. The van der Waals surface area contributed by atoms with Crippen molar-refractivity contribution in [3.05, 3.63) is 136 Å². The van der Waals surface area contributed by atoms with E-state index < -0.39 is 34.6 Å². The molecule has 1 amide bonds. The Kier molecular flexibility index (Phi) is 11.5. The molecular weight excluding hydrogens is 703 g/mol. The van der Waals surface area contributed by atoms with Crippen molar-refractivity contribution >= 4 is 54.6 Å². The van der Waals surface area contributed by atoms with Crippen LogP contribution in [0.15, 0.2) is 114 Å². The number of aryl methyl sites for hydroxylation is 1. The second-order valence-corrected chi connectivity index (χ2v) is 16.6. The minimum absolute atomic E-state index is 0.00604. The molecule has 0 radical (unpaired) electrons. The predicted octanol–water partition coefficient (Wildman–Crippen LogP) is 6.59. The number of aliphatic hydroxyl groups is 1. The average Bonchev–Trinajstić information content (AvgIpc) is 3.94. The SMILES string of the molecule is CC(C)CN(C(CO)c1ccc(CCC(=O)C(NC(=O)c2ccccc2)C(c2ccccc2)c2cnc[nH]2)s1)S(=O)(=O)c1ccc2ncsc2c1. The highest BCUT2D eigenvalue weighted by atomic mass is 32.2. The highest BCUT2D eigenvalue weighted by Gasteiger charge is 2.35. The zero-order valence-corrected chi connectivity index (χ0v) is 30.6. The van der Waals surface area contributed by atoms with Gasteiger partial charge in [0, 0.05) is 40.2 Å². The van der Waals surface area contributed by atoms with Gasteiger partial charge in [-0.05, 0) is 60.4 Å². The first kappa shape index (κ1) is 36.3. The summed E-state index contributed by atoms with van der Waals surface area (Å²) in [5.41, 5.74) is 4.39. The Labute approximate surface area is 305 Å². The van der Waals surface area contributed by atoms with E-state index in [9.17, 15) is 23.1 Å². The number of nitrogens with zero attached hydrogens (tertiary/aromatic N) is 3. The number of nitrogens with one attached hydrogen (secondary N) is 2. The van der Waals surface area contributed by atoms with Gasteiger partial charge in [-0.2, -0.15) is 4.31 Å². The molecule has 3 aromatic carbocycles. The number of aromatic nitrogens is 3. The van der Waals surface area contributed by atoms with Crippen molar-refractivity contribution in [1.82, 2.24) is 24.6 Å². The summed E-state index contributed by atoms with van der Waals surface area (Å²) >= 11 is 2.74. The monoisotopic (exact) mass is 741 g/mol. The molecule has 51 heavy (non-hydrogen) atoms. The molecule has 0 saturated heterocycles. The summed E-state index contributed by atoms with van der Waals surface area (Å²) in [6.07, 6.45) is 3.70. The molecule has 0 aliphatic rings. The summed E-state index contributed by atoms with van der Waals surface area (Å²) in [5, 5.41) is 13.7. The van der Waals surface area contributed by atoms with E-state index in [-0.39, 0.29) is 35.5 Å². The number of carbonyl (C=O) groups excluding carboxylic acids is 2. The van der Waals surface area contributed by atoms with Crippen molar-refractivity contribution in [3.63, 3.8) is 0 Å². The van der Waals surface area contributed by atoms with Crippen LogP contribution in [0.1, 0.15) is 63.6 Å². The number of rotatable bonds is 16. The van der Waals surface area contributed by atoms with E-state index in [4.69, 9.17) is 0 Å². The molecule has 3 aromatic heterocycles. The largest absolute Gasteiger partial charge is 0.394 e. The van der Waals surface area contributed by atoms with Gasteiger partial charge in [-0.15, -0.1) is 22.7 Å². The van der Waals surface area contributed by atoms with Crippen LogP contribution in [0.4, 0.5) is 0 Å². The van der Waals surface area contributed by atoms with Crippen LogP contribution in [0.2, 0.25) is 0 Å². The number of hydrogen-bond acceptors (Lipinski definition) is 9. The normalized spacial score (nSPS) is 13.7. The van der Waals surface area contributed by atoms with Gasteiger partial charge in [-0.25, -0.2) is 18.4 Å². The maximum absolute atomic E-state index is 14.2. The van der Waals surface area contributed by atoms with Crippen LogP contribution < -0.4 is 5.32 Å². The number of ketones is 1. The molecule has 264 valence electrons. The van der Waals surface area contributed by atoms with E-state index in [0.29, 0.717) is 22.6 Å². The molecule has 6 aromatic rings. The molecule has 3 unspecified atom stereocenters. The van der Waals surface area contributed by atoms with Crippen molar-refractivity contribution in [3.8, 4) is 0 Å². The van der Waals surface area contributed by atoms with E-state index in [1.165, 1.54) is 27.0 Å². The minimum atomic E-state index is -3.99. The third kappa shape index (κ3) is 8.35. The summed E-state index contributed by atoms with van der Waals surface area (Å²) in [6, 6.07) is 25.2. The average molecular weight is 742 g/mol. The van der Waals surface area contributed by atoms with Crippen molar-refractivity contribution in [2.24, 2.45) is 5.92 Å². The molecule has 0 aliphatic heterocycles. The predicted molar refractivity (Wildman–Crippen MR) is 200 cm³/mol. The lowest BCUT2D eigenvalue weighted by Crippen LogP contribution is -2.45. The van der Waals surface area contributed by atoms with E-state index >= 15 is 0 Å². The Morgan fingerprint density at radius 3 is 2.41 bits per heavy atom. The van der Waals surface area contributed by atoms with Gasteiger partial charge in [0.2, 0.25) is 10.0 Å². The lowest BCUT2D eigenvalue weighted by Gasteiger charge is -2.30. The number of benzene rings is 3. The molecule has 0 fully saturated rings. The topological polar surface area (TPSA) is 145 Å². The zero-order valence-electron chi connectivity index (χ0n) is 28.2. The summed E-state index contributed by atoms with van der Waals surface area (Å²) in [6.45, 7) is 3.67. The van der Waals surface area contributed by atoms with E-state index in [0.717, 1.165) is 20.7 Å². The fourth-order valence-electron chi connectivity index (χ4n) is 6.13. The third-order valence-corrected chi connectivity index (χ3v) is 12.5. The van der Waals surface area contributed by atoms with Gasteiger partial charge in [-0.3, -0.25) is 9.59 Å². The maximum atomic E-state index is 14.2. The van der Waals surface area contributed by atoms with Gasteiger partial charge in [0.1, 0.15) is 6.04 Å². The number of amides is 1. The van der Waals surface area contributed by atoms with Crippen molar-refractivity contribution < 1.29 is 23.1 Å². The Bertz CT molecular complexity index is 2170. The van der Waals surface area contributed by atoms with Crippen LogP contribution in [-0.2, 0) is 21.2 Å². The Hall–Kier alpha value is -4.53. The first-order valence-corrected chi connectivity index (χ1v) is 19.8. The van der Waals surface area contributed by atoms with Crippen molar-refractivity contribution in [1.29, 1.82) is 0 Å². The van der Waals surface area contributed by atoms with Gasteiger partial charge >= 0.3 is 0 Å². The number of aromatic amines is 1. The molecular formula is C38H39N5O5S3. The Morgan fingerprint density at radius 1 is 0.980 bits per heavy atom. The van der Waals surface area contributed by atoms with Gasteiger partial charge in [-0.1, -0.05) is 62.4 Å². The van der Waals surface area contributed by atoms with E-state index in [1.54, 1.807) is 60.5 Å². The number of thiazole rings is 1. The van der Waals surface area contributed by atoms with Crippen LogP contribution in [0.25, 0.3) is 10.2 Å². The molecule has 3 heterocycles. The van der Waals surface area contributed by atoms with Crippen LogP contribution in [-0.4, -0.2) is 63.7 Å². The Balaban J connectivity index is 1.25. The Morgan fingerprint density at radius 2 is 1.73 bits per heavy atom. The molecule has 13 heteroatoms. The molecule has 0 saturated carbocycles. The molecule has 0 bridgehead atoms. The first-order valence-electron chi connectivity index (χ1n) is 16.6. The highest BCUT2D eigenvalue weighted by molar-refractivity contribution is 7.89. The van der Waals surface area contributed by atoms with Gasteiger partial charge in [0.15, 0.2) is 5.78 Å². The third-order valence-electron chi connectivity index (χ3n) is 8.62. The molecule has 3 atom stereocenters. The lowest BCUT2D eigenvalue weighted by atomic mass is 9.85. The highest BCUT2D eigenvalue weighted by Crippen LogP contribution is 2.35. The fraction of sp³-hybridized carbons (Fsp3) is 0.263. The minimum Gasteiger partial charge on any atom is -0.394 e. The standard InChI is InChI=1S/C38H39N5O5S3/c1-25(2)21-43(51(47,48)29-15-16-30-35(19-29)49-24-41-30)32(22-44)34-18-14-28(50-34)13-17-33(45)37(42-38(46)27-11-7-4-8-12-27)36(31-20-39-23-40-31)26-9-5-3-6-10-26/h3-12,14-16,18-20,23-25,32,36-37,44H,13,17,21-22H2,1-2H3,(H,39,40)(H,42,46). The molecule has 10 nitrogen and oxygen atoms in total. The number of H-pyrrole nitrogens is 1. The molecule has 0 spiro atoms. The molecule has 0 aliphatic carbocycles. The van der Waals surface area contributed by atoms with Crippen LogP contribution in [0, 0.1) is 5.92 Å². The van der Waals surface area contributed by atoms with E-state index in [2.05, 4.69) is 20.3 Å². The van der Waals surface area contributed by atoms with Gasteiger partial charge in [0.25, 0.3) is 5.91 Å². The summed E-state index contributed by atoms with van der Waals surface area (Å²) < 4.78 is 30.3. The number of carbonyl (C=O) groups is 2. The summed E-state index contributed by atoms with van der Waals surface area (Å²) in [4.78, 5) is 41.0.